The van der Waals surface area contributed by atoms with Gasteiger partial charge < -0.3 is 24.3 Å². The zero-order valence-corrected chi connectivity index (χ0v) is 18.4. The summed E-state index contributed by atoms with van der Waals surface area (Å²) < 4.78 is 21.5. The van der Waals surface area contributed by atoms with E-state index in [0.717, 1.165) is 12.8 Å². The van der Waals surface area contributed by atoms with E-state index in [9.17, 15) is 9.59 Å². The van der Waals surface area contributed by atoms with Crippen molar-refractivity contribution >= 4 is 17.6 Å². The van der Waals surface area contributed by atoms with Crippen LogP contribution in [-0.2, 0) is 19.1 Å². The number of carbonyl (C=O) groups is 2. The fraction of sp³-hybridized carbons (Fsp3) is 0.636. The Hall–Kier alpha value is -2.44. The van der Waals surface area contributed by atoms with Gasteiger partial charge in [-0.3, -0.25) is 4.79 Å². The Morgan fingerprint density at radius 3 is 1.83 bits per heavy atom. The maximum Gasteiger partial charge on any atom is 0.328 e. The van der Waals surface area contributed by atoms with Gasteiger partial charge in [-0.1, -0.05) is 33.8 Å². The summed E-state index contributed by atoms with van der Waals surface area (Å²) in [5.41, 5.74) is 0.527. The van der Waals surface area contributed by atoms with Crippen LogP contribution in [0.15, 0.2) is 18.2 Å². The molecule has 1 aromatic carbocycles. The molecule has 1 atom stereocenters. The number of methoxy groups -OCH3 is 2. The largest absolute Gasteiger partial charge is 0.491 e. The third-order valence-corrected chi connectivity index (χ3v) is 4.30. The molecular formula is C22H35NO6. The summed E-state index contributed by atoms with van der Waals surface area (Å²) in [6.45, 7) is 9.55. The van der Waals surface area contributed by atoms with Crippen LogP contribution >= 0.6 is 0 Å². The van der Waals surface area contributed by atoms with E-state index in [-0.39, 0.29) is 6.42 Å². The van der Waals surface area contributed by atoms with Crippen molar-refractivity contribution in [2.45, 2.75) is 53.0 Å². The van der Waals surface area contributed by atoms with Gasteiger partial charge in [0.1, 0.15) is 23.2 Å². The maximum atomic E-state index is 12.2. The van der Waals surface area contributed by atoms with Gasteiger partial charge >= 0.3 is 11.9 Å². The Balaban J connectivity index is 3.12. The molecule has 0 saturated heterocycles. The summed E-state index contributed by atoms with van der Waals surface area (Å²) in [5.74, 6) is 1.03. The summed E-state index contributed by atoms with van der Waals surface area (Å²) in [6.07, 6.45) is 1.61. The Bertz CT molecular complexity index is 612. The molecule has 0 radical (unpaired) electrons. The van der Waals surface area contributed by atoms with E-state index in [0.29, 0.717) is 42.2 Å². The highest BCUT2D eigenvalue weighted by atomic mass is 16.5. The molecule has 0 saturated carbocycles. The van der Waals surface area contributed by atoms with Gasteiger partial charge in [-0.25, -0.2) is 4.79 Å². The van der Waals surface area contributed by atoms with E-state index >= 15 is 0 Å². The molecule has 0 spiro atoms. The van der Waals surface area contributed by atoms with Crippen LogP contribution in [0, 0.1) is 11.8 Å². The van der Waals surface area contributed by atoms with Crippen LogP contribution < -0.4 is 14.8 Å². The first-order valence-corrected chi connectivity index (χ1v) is 10.1. The zero-order chi connectivity index (χ0) is 21.8. The number of hydrogen-bond acceptors (Lipinski definition) is 7. The Labute approximate surface area is 174 Å². The third-order valence-electron chi connectivity index (χ3n) is 4.30. The first kappa shape index (κ1) is 24.6. The van der Waals surface area contributed by atoms with Crippen molar-refractivity contribution in [1.29, 1.82) is 0 Å². The molecule has 0 aromatic heterocycles. The molecule has 0 amide bonds. The molecule has 0 fully saturated rings. The van der Waals surface area contributed by atoms with Gasteiger partial charge in [0.05, 0.1) is 33.9 Å². The van der Waals surface area contributed by atoms with E-state index in [2.05, 4.69) is 33.0 Å². The quantitative estimate of drug-likeness (QED) is 0.492. The molecule has 7 heteroatoms. The number of esters is 2. The first-order valence-electron chi connectivity index (χ1n) is 10.1. The van der Waals surface area contributed by atoms with Crippen LogP contribution in [0.1, 0.15) is 47.0 Å². The predicted octanol–water partition coefficient (Wildman–Crippen LogP) is 4.05. The molecule has 1 rings (SSSR count). The molecule has 1 N–H and O–H groups in total. The minimum Gasteiger partial charge on any atom is -0.491 e. The van der Waals surface area contributed by atoms with Gasteiger partial charge in [-0.05, 0) is 36.8 Å². The highest BCUT2D eigenvalue weighted by Crippen LogP contribution is 2.36. The molecule has 7 nitrogen and oxygen atoms in total. The highest BCUT2D eigenvalue weighted by molar-refractivity contribution is 5.86. The Morgan fingerprint density at radius 2 is 1.41 bits per heavy atom. The monoisotopic (exact) mass is 409 g/mol. The van der Waals surface area contributed by atoms with Crippen molar-refractivity contribution in [3.8, 4) is 11.5 Å². The lowest BCUT2D eigenvalue weighted by molar-refractivity contribution is -0.148. The second-order valence-electron chi connectivity index (χ2n) is 7.69. The van der Waals surface area contributed by atoms with Crippen LogP contribution in [0.5, 0.6) is 11.5 Å². The summed E-state index contributed by atoms with van der Waals surface area (Å²) >= 11 is 0. The molecule has 164 valence electrons. The number of rotatable bonds is 13. The minimum atomic E-state index is -0.922. The number of hydrogen-bond donors (Lipinski definition) is 1. The maximum absolute atomic E-state index is 12.2. The number of anilines is 1. The van der Waals surface area contributed by atoms with E-state index in [1.54, 1.807) is 0 Å². The van der Waals surface area contributed by atoms with Crippen molar-refractivity contribution in [3.05, 3.63) is 18.2 Å². The smallest absolute Gasteiger partial charge is 0.328 e. The van der Waals surface area contributed by atoms with Crippen molar-refractivity contribution in [3.63, 3.8) is 0 Å². The fourth-order valence-corrected chi connectivity index (χ4v) is 2.46. The van der Waals surface area contributed by atoms with Gasteiger partial charge in [0, 0.05) is 0 Å². The van der Waals surface area contributed by atoms with Crippen LogP contribution in [0.25, 0.3) is 0 Å². The van der Waals surface area contributed by atoms with Gasteiger partial charge in [-0.2, -0.15) is 0 Å². The lowest BCUT2D eigenvalue weighted by Gasteiger charge is -2.22. The highest BCUT2D eigenvalue weighted by Gasteiger charge is 2.26. The summed E-state index contributed by atoms with van der Waals surface area (Å²) in [5, 5.41) is 3.08. The lowest BCUT2D eigenvalue weighted by atomic mass is 10.1. The normalized spacial score (nSPS) is 11.9. The van der Waals surface area contributed by atoms with Gasteiger partial charge in [0.15, 0.2) is 0 Å². The van der Waals surface area contributed by atoms with E-state index in [4.69, 9.17) is 18.9 Å². The number of benzene rings is 1. The number of carbonyl (C=O) groups excluding carboxylic acids is 2. The number of ether oxygens (including phenoxy) is 4. The molecule has 0 heterocycles. The van der Waals surface area contributed by atoms with Crippen LogP contribution in [-0.4, -0.2) is 45.4 Å². The van der Waals surface area contributed by atoms with Gasteiger partial charge in [0.25, 0.3) is 0 Å². The average Bonchev–Trinajstić information content (AvgIpc) is 2.67. The second-order valence-corrected chi connectivity index (χ2v) is 7.69. The topological polar surface area (TPSA) is 83.1 Å². The Kier molecular flexibility index (Phi) is 10.9. The molecule has 0 bridgehead atoms. The summed E-state index contributed by atoms with van der Waals surface area (Å²) in [4.78, 5) is 24.0. The zero-order valence-electron chi connectivity index (χ0n) is 18.4. The predicted molar refractivity (Wildman–Crippen MR) is 112 cm³/mol. The molecule has 0 aliphatic carbocycles. The first-order chi connectivity index (χ1) is 13.8. The second kappa shape index (κ2) is 12.9. The van der Waals surface area contributed by atoms with Crippen LogP contribution in [0.3, 0.4) is 0 Å². The van der Waals surface area contributed by atoms with Crippen molar-refractivity contribution < 1.29 is 28.5 Å². The lowest BCUT2D eigenvalue weighted by Crippen LogP contribution is -2.33. The van der Waals surface area contributed by atoms with E-state index in [1.165, 1.54) is 14.2 Å². The minimum absolute atomic E-state index is 0.172. The Morgan fingerprint density at radius 1 is 0.897 bits per heavy atom. The third kappa shape index (κ3) is 9.07. The molecule has 0 aliphatic rings. The summed E-state index contributed by atoms with van der Waals surface area (Å²) in [7, 11) is 2.56. The van der Waals surface area contributed by atoms with E-state index < -0.39 is 18.0 Å². The van der Waals surface area contributed by atoms with Crippen LogP contribution in [0.4, 0.5) is 5.69 Å². The molecule has 1 aromatic rings. The fourth-order valence-electron chi connectivity index (χ4n) is 2.46. The average molecular weight is 410 g/mol. The van der Waals surface area contributed by atoms with Crippen molar-refractivity contribution in [1.82, 2.24) is 0 Å². The number of para-hydroxylation sites is 1. The molecular weight excluding hydrogens is 374 g/mol. The van der Waals surface area contributed by atoms with Crippen molar-refractivity contribution in [2.75, 3.05) is 32.8 Å². The molecule has 0 unspecified atom stereocenters. The molecule has 29 heavy (non-hydrogen) atoms. The van der Waals surface area contributed by atoms with Crippen LogP contribution in [0.2, 0.25) is 0 Å². The standard InChI is InChI=1S/C22H35NO6/c1-15(2)10-12-28-18-8-7-9-19(29-13-11-16(3)4)21(18)23-17(22(25)27-6)14-20(24)26-5/h7-9,15-17,23H,10-14H2,1-6H3/t17-/m1/s1. The number of nitrogens with one attached hydrogen (secondary N) is 1. The molecule has 0 aliphatic heterocycles. The van der Waals surface area contributed by atoms with Gasteiger partial charge in [0.2, 0.25) is 0 Å². The SMILES string of the molecule is COC(=O)C[C@@H](Nc1c(OCCC(C)C)cccc1OCCC(C)C)C(=O)OC. The van der Waals surface area contributed by atoms with Crippen molar-refractivity contribution in [2.24, 2.45) is 11.8 Å². The van der Waals surface area contributed by atoms with E-state index in [1.807, 2.05) is 18.2 Å². The van der Waals surface area contributed by atoms with Gasteiger partial charge in [-0.15, -0.1) is 0 Å². The summed E-state index contributed by atoms with van der Waals surface area (Å²) in [6, 6.07) is 4.54.